The highest BCUT2D eigenvalue weighted by molar-refractivity contribution is 5.37. The van der Waals surface area contributed by atoms with Crippen molar-refractivity contribution in [1.29, 1.82) is 0 Å². The second kappa shape index (κ2) is 15.9. The molecule has 8 heteroatoms. The van der Waals surface area contributed by atoms with Gasteiger partial charge in [-0.1, -0.05) is 109 Å². The third kappa shape index (κ3) is 7.62. The van der Waals surface area contributed by atoms with Gasteiger partial charge >= 0.3 is 0 Å². The van der Waals surface area contributed by atoms with Crippen molar-refractivity contribution in [3.63, 3.8) is 0 Å². The molecule has 264 valence electrons. The first-order valence-electron chi connectivity index (χ1n) is 17.4. The Bertz CT molecular complexity index is 1840. The van der Waals surface area contributed by atoms with E-state index in [9.17, 15) is 5.11 Å². The SMILES string of the molecule is CCOc1ccc(Cc2cc(C34OCC(CO)(O3)[C@H](OCc3ccccc3)[C@H](OCc3ccccc3)C4OCc3ccccc3)ccc2F)cc1. The Balaban J connectivity index is 1.28. The molecule has 3 unspecified atom stereocenters. The Morgan fingerprint density at radius 3 is 1.82 bits per heavy atom. The minimum Gasteiger partial charge on any atom is -0.494 e. The molecule has 2 heterocycles. The number of hydrogen-bond acceptors (Lipinski definition) is 7. The first-order valence-corrected chi connectivity index (χ1v) is 17.4. The Morgan fingerprint density at radius 1 is 0.686 bits per heavy atom. The van der Waals surface area contributed by atoms with Crippen LogP contribution in [0.3, 0.4) is 0 Å². The molecule has 5 aromatic carbocycles. The van der Waals surface area contributed by atoms with E-state index in [2.05, 4.69) is 0 Å². The van der Waals surface area contributed by atoms with Crippen LogP contribution >= 0.6 is 0 Å². The summed E-state index contributed by atoms with van der Waals surface area (Å²) in [5, 5.41) is 11.1. The molecular formula is C43H43FO7. The zero-order chi connectivity index (χ0) is 35.1. The lowest BCUT2D eigenvalue weighted by Crippen LogP contribution is -2.67. The highest BCUT2D eigenvalue weighted by atomic mass is 19.1. The van der Waals surface area contributed by atoms with E-state index in [0.717, 1.165) is 28.0 Å². The van der Waals surface area contributed by atoms with Gasteiger partial charge in [-0.2, -0.15) is 0 Å². The monoisotopic (exact) mass is 690 g/mol. The standard InChI is InChI=1S/C43H43FO7/c1-2-46-37-21-18-31(19-22-37)24-35-25-36(20-23-38(35)44)43-41(49-28-34-16-10-5-11-17-34)39(47-26-32-12-6-3-7-13-32)40(42(29-45,51-43)30-50-43)48-27-33-14-8-4-9-15-33/h3-23,25,39-41,45H,2,24,26-30H2,1H3/t39-,40+,41?,42?,43?/m0/s1. The number of hydrogen-bond donors (Lipinski definition) is 1. The quantitative estimate of drug-likeness (QED) is 0.122. The lowest BCUT2D eigenvalue weighted by molar-refractivity contribution is -0.353. The number of aliphatic hydroxyl groups is 1. The smallest absolute Gasteiger partial charge is 0.225 e. The number of aliphatic hydroxyl groups excluding tert-OH is 1. The fourth-order valence-corrected chi connectivity index (χ4v) is 6.95. The summed E-state index contributed by atoms with van der Waals surface area (Å²) in [4.78, 5) is 0. The van der Waals surface area contributed by atoms with Gasteiger partial charge < -0.3 is 33.5 Å². The minimum absolute atomic E-state index is 0.00491. The molecule has 7 rings (SSSR count). The Kier molecular flexibility index (Phi) is 10.9. The lowest BCUT2D eigenvalue weighted by atomic mass is 9.82. The highest BCUT2D eigenvalue weighted by Crippen LogP contribution is 2.53. The van der Waals surface area contributed by atoms with Crippen LogP contribution < -0.4 is 4.74 Å². The molecule has 0 aromatic heterocycles. The second-order valence-electron chi connectivity index (χ2n) is 13.0. The summed E-state index contributed by atoms with van der Waals surface area (Å²) in [6.07, 6.45) is -2.10. The molecule has 5 atom stereocenters. The fraction of sp³-hybridized carbons (Fsp3) is 0.302. The summed E-state index contributed by atoms with van der Waals surface area (Å²) < 4.78 is 55.1. The van der Waals surface area contributed by atoms with Crippen molar-refractivity contribution in [2.45, 2.75) is 62.9 Å². The molecule has 0 amide bonds. The first kappa shape index (κ1) is 35.0. The third-order valence-corrected chi connectivity index (χ3v) is 9.55. The van der Waals surface area contributed by atoms with E-state index < -0.39 is 36.3 Å². The van der Waals surface area contributed by atoms with Gasteiger partial charge in [0.1, 0.15) is 35.5 Å². The van der Waals surface area contributed by atoms with Gasteiger partial charge in [-0.25, -0.2) is 4.39 Å². The Morgan fingerprint density at radius 2 is 1.25 bits per heavy atom. The second-order valence-corrected chi connectivity index (χ2v) is 13.0. The average molecular weight is 691 g/mol. The van der Waals surface area contributed by atoms with Crippen LogP contribution in [0, 0.1) is 5.82 Å². The van der Waals surface area contributed by atoms with Crippen LogP contribution in [0.2, 0.25) is 0 Å². The first-order chi connectivity index (χ1) is 25.0. The zero-order valence-electron chi connectivity index (χ0n) is 28.7. The predicted molar refractivity (Wildman–Crippen MR) is 190 cm³/mol. The molecule has 7 nitrogen and oxygen atoms in total. The minimum atomic E-state index is -1.55. The normalized spacial score (nSPS) is 24.0. The van der Waals surface area contributed by atoms with E-state index in [4.69, 9.17) is 28.4 Å². The molecule has 2 fully saturated rings. The number of halogens is 1. The number of fused-ring (bicyclic) bond motifs is 2. The van der Waals surface area contributed by atoms with Crippen molar-refractivity contribution in [3.05, 3.63) is 173 Å². The van der Waals surface area contributed by atoms with Crippen LogP contribution in [0.1, 0.15) is 40.3 Å². The zero-order valence-corrected chi connectivity index (χ0v) is 28.7. The van der Waals surface area contributed by atoms with Crippen LogP contribution in [0.15, 0.2) is 133 Å². The van der Waals surface area contributed by atoms with Crippen LogP contribution in [-0.2, 0) is 55.7 Å². The van der Waals surface area contributed by atoms with E-state index in [-0.39, 0.29) is 32.2 Å². The van der Waals surface area contributed by atoms with Crippen molar-refractivity contribution in [3.8, 4) is 5.75 Å². The van der Waals surface area contributed by atoms with Gasteiger partial charge in [-0.3, -0.25) is 0 Å². The number of ether oxygens (including phenoxy) is 6. The molecule has 2 aliphatic heterocycles. The van der Waals surface area contributed by atoms with E-state index in [1.807, 2.05) is 122 Å². The number of benzene rings is 5. The van der Waals surface area contributed by atoms with Gasteiger partial charge in [0.2, 0.25) is 5.79 Å². The van der Waals surface area contributed by atoms with Gasteiger partial charge in [0, 0.05) is 12.0 Å². The van der Waals surface area contributed by atoms with E-state index in [1.54, 1.807) is 12.1 Å². The molecule has 1 N–H and O–H groups in total. The molecule has 51 heavy (non-hydrogen) atoms. The van der Waals surface area contributed by atoms with Crippen molar-refractivity contribution in [1.82, 2.24) is 0 Å². The van der Waals surface area contributed by atoms with Crippen molar-refractivity contribution in [2.75, 3.05) is 19.8 Å². The van der Waals surface area contributed by atoms with E-state index in [1.165, 1.54) is 6.07 Å². The molecule has 0 spiro atoms. The summed E-state index contributed by atoms with van der Waals surface area (Å²) in [6, 6.07) is 42.1. The fourth-order valence-electron chi connectivity index (χ4n) is 6.95. The summed E-state index contributed by atoms with van der Waals surface area (Å²) in [5.74, 6) is -1.14. The van der Waals surface area contributed by atoms with Gasteiger partial charge in [0.15, 0.2) is 0 Å². The molecule has 0 aliphatic carbocycles. The van der Waals surface area contributed by atoms with Crippen molar-refractivity contribution < 1.29 is 37.9 Å². The van der Waals surface area contributed by atoms with E-state index >= 15 is 4.39 Å². The lowest BCUT2D eigenvalue weighted by Gasteiger charge is -2.50. The molecule has 2 aliphatic rings. The maximum absolute atomic E-state index is 15.6. The molecule has 0 saturated carbocycles. The largest absolute Gasteiger partial charge is 0.494 e. The summed E-state index contributed by atoms with van der Waals surface area (Å²) in [5.41, 5.74) is 3.52. The number of rotatable bonds is 15. The summed E-state index contributed by atoms with van der Waals surface area (Å²) in [7, 11) is 0. The maximum Gasteiger partial charge on any atom is 0.225 e. The van der Waals surface area contributed by atoms with Gasteiger partial charge in [-0.15, -0.1) is 0 Å². The predicted octanol–water partition coefficient (Wildman–Crippen LogP) is 7.52. The topological polar surface area (TPSA) is 75.6 Å². The maximum atomic E-state index is 15.6. The Hall–Kier alpha value is -4.41. The Labute approximate surface area is 298 Å². The summed E-state index contributed by atoms with van der Waals surface area (Å²) in [6.45, 7) is 2.84. The summed E-state index contributed by atoms with van der Waals surface area (Å²) >= 11 is 0. The molecule has 2 saturated heterocycles. The highest BCUT2D eigenvalue weighted by Gasteiger charge is 2.69. The van der Waals surface area contributed by atoms with Crippen LogP contribution in [0.4, 0.5) is 4.39 Å². The van der Waals surface area contributed by atoms with Gasteiger partial charge in [0.25, 0.3) is 0 Å². The molecule has 5 aromatic rings. The van der Waals surface area contributed by atoms with Crippen molar-refractivity contribution in [2.24, 2.45) is 0 Å². The molecule has 0 radical (unpaired) electrons. The van der Waals surface area contributed by atoms with Crippen molar-refractivity contribution >= 4 is 0 Å². The average Bonchev–Trinajstić information content (AvgIpc) is 3.54. The van der Waals surface area contributed by atoms with Crippen LogP contribution in [0.5, 0.6) is 5.75 Å². The van der Waals surface area contributed by atoms with Crippen LogP contribution in [-0.4, -0.2) is 48.8 Å². The third-order valence-electron chi connectivity index (χ3n) is 9.55. The molecular weight excluding hydrogens is 647 g/mol. The molecule has 2 bridgehead atoms. The van der Waals surface area contributed by atoms with E-state index in [0.29, 0.717) is 24.2 Å². The van der Waals surface area contributed by atoms with Gasteiger partial charge in [-0.05, 0) is 59.0 Å². The van der Waals surface area contributed by atoms with Gasteiger partial charge in [0.05, 0.1) is 39.6 Å². The van der Waals surface area contributed by atoms with Crippen LogP contribution in [0.25, 0.3) is 0 Å².